The third-order valence-electron chi connectivity index (χ3n) is 2.15. The van der Waals surface area contributed by atoms with Gasteiger partial charge in [-0.05, 0) is 23.8 Å². The van der Waals surface area contributed by atoms with Crippen LogP contribution in [0.2, 0.25) is 0 Å². The molecule has 0 aliphatic heterocycles. The number of nitrogens with one attached hydrogen (secondary N) is 1. The van der Waals surface area contributed by atoms with Crippen LogP contribution in [0.5, 0.6) is 0 Å². The molecule has 0 fully saturated rings. The highest BCUT2D eigenvalue weighted by atomic mass is 14.8. The van der Waals surface area contributed by atoms with E-state index >= 15 is 0 Å². The predicted octanol–water partition coefficient (Wildman–Crippen LogP) is 3.92. The van der Waals surface area contributed by atoms with Gasteiger partial charge in [0.05, 0.1) is 0 Å². The molecule has 0 aliphatic rings. The van der Waals surface area contributed by atoms with Crippen LogP contribution in [0.3, 0.4) is 0 Å². The Morgan fingerprint density at radius 3 is 2.12 bits per heavy atom. The molecule has 0 radical (unpaired) electrons. The maximum Gasteiger partial charge on any atom is 0.0442 e. The first kappa shape index (κ1) is 10.3. The van der Waals surface area contributed by atoms with Crippen molar-refractivity contribution in [2.24, 2.45) is 0 Å². The first-order chi connectivity index (χ1) is 7.95. The SMILES string of the molecule is C(=CNc1ccccc1)=Cc1ccccc1. The van der Waals surface area contributed by atoms with Gasteiger partial charge in [0.2, 0.25) is 0 Å². The number of para-hydroxylation sites is 1. The van der Waals surface area contributed by atoms with Gasteiger partial charge < -0.3 is 5.32 Å². The highest BCUT2D eigenvalue weighted by molar-refractivity contribution is 5.50. The van der Waals surface area contributed by atoms with E-state index in [1.807, 2.05) is 72.9 Å². The summed E-state index contributed by atoms with van der Waals surface area (Å²) in [7, 11) is 0. The highest BCUT2D eigenvalue weighted by Gasteiger charge is 1.82. The lowest BCUT2D eigenvalue weighted by molar-refractivity contribution is 1.59. The Hall–Kier alpha value is -2.24. The smallest absolute Gasteiger partial charge is 0.0442 e. The maximum absolute atomic E-state index is 3.15. The molecule has 1 N–H and O–H groups in total. The Labute approximate surface area is 95.8 Å². The molecule has 2 aromatic carbocycles. The number of hydrogen-bond donors (Lipinski definition) is 1. The van der Waals surface area contributed by atoms with Crippen LogP contribution in [0.4, 0.5) is 5.69 Å². The lowest BCUT2D eigenvalue weighted by Gasteiger charge is -1.96. The third-order valence-corrected chi connectivity index (χ3v) is 2.15. The average molecular weight is 207 g/mol. The van der Waals surface area contributed by atoms with Gasteiger partial charge in [-0.25, -0.2) is 0 Å². The minimum atomic E-state index is 1.07. The maximum atomic E-state index is 3.15. The number of anilines is 1. The first-order valence-electron chi connectivity index (χ1n) is 5.23. The lowest BCUT2D eigenvalue weighted by atomic mass is 10.2. The van der Waals surface area contributed by atoms with E-state index in [0.717, 1.165) is 11.3 Å². The zero-order valence-corrected chi connectivity index (χ0v) is 8.93. The van der Waals surface area contributed by atoms with E-state index in [9.17, 15) is 0 Å². The number of rotatable bonds is 3. The van der Waals surface area contributed by atoms with Crippen LogP contribution in [0.15, 0.2) is 72.6 Å². The van der Waals surface area contributed by atoms with Crippen molar-refractivity contribution in [2.45, 2.75) is 0 Å². The van der Waals surface area contributed by atoms with Crippen LogP contribution in [-0.4, -0.2) is 0 Å². The van der Waals surface area contributed by atoms with Gasteiger partial charge in [-0.2, -0.15) is 0 Å². The molecule has 0 amide bonds. The summed E-state index contributed by atoms with van der Waals surface area (Å²) < 4.78 is 0. The molecule has 0 spiro atoms. The number of benzene rings is 2. The second-order valence-corrected chi connectivity index (χ2v) is 3.38. The van der Waals surface area contributed by atoms with E-state index in [2.05, 4.69) is 11.0 Å². The van der Waals surface area contributed by atoms with Crippen LogP contribution in [-0.2, 0) is 0 Å². The van der Waals surface area contributed by atoms with Gasteiger partial charge in [0.25, 0.3) is 0 Å². The van der Waals surface area contributed by atoms with Crippen LogP contribution in [0.1, 0.15) is 5.56 Å². The van der Waals surface area contributed by atoms with Crippen LogP contribution in [0, 0.1) is 0 Å². The third kappa shape index (κ3) is 3.16. The Balaban J connectivity index is 1.98. The molecule has 2 rings (SSSR count). The van der Waals surface area contributed by atoms with Gasteiger partial charge in [0, 0.05) is 11.9 Å². The van der Waals surface area contributed by atoms with E-state index in [4.69, 9.17) is 0 Å². The first-order valence-corrected chi connectivity index (χ1v) is 5.23. The molecule has 0 saturated heterocycles. The van der Waals surface area contributed by atoms with Crippen molar-refractivity contribution in [3.8, 4) is 0 Å². The molecule has 1 nitrogen and oxygen atoms in total. The topological polar surface area (TPSA) is 12.0 Å². The number of hydrogen-bond acceptors (Lipinski definition) is 1. The minimum absolute atomic E-state index is 1.07. The van der Waals surface area contributed by atoms with E-state index in [-0.39, 0.29) is 0 Å². The van der Waals surface area contributed by atoms with Gasteiger partial charge in [-0.3, -0.25) is 0 Å². The summed E-state index contributed by atoms with van der Waals surface area (Å²) in [5, 5.41) is 3.15. The standard InChI is InChI=1S/C15H13N/c1-3-8-14(9-4-1)10-7-13-16-15-11-5-2-6-12-15/h1-6,8-13,16H. The van der Waals surface area contributed by atoms with Crippen molar-refractivity contribution in [2.75, 3.05) is 5.32 Å². The summed E-state index contributed by atoms with van der Waals surface area (Å²) in [4.78, 5) is 0. The molecule has 0 saturated carbocycles. The molecular weight excluding hydrogens is 194 g/mol. The summed E-state index contributed by atoms with van der Waals surface area (Å²) in [5.74, 6) is 0. The molecule has 78 valence electrons. The molecule has 0 atom stereocenters. The normalized spacial score (nSPS) is 9.00. The second-order valence-electron chi connectivity index (χ2n) is 3.38. The van der Waals surface area contributed by atoms with Crippen molar-refractivity contribution in [3.05, 3.63) is 78.2 Å². The molecule has 16 heavy (non-hydrogen) atoms. The fourth-order valence-corrected chi connectivity index (χ4v) is 1.35. The fraction of sp³-hybridized carbons (Fsp3) is 0. The molecule has 0 aliphatic carbocycles. The fourth-order valence-electron chi connectivity index (χ4n) is 1.35. The summed E-state index contributed by atoms with van der Waals surface area (Å²) in [5.41, 5.74) is 5.30. The molecule has 0 heterocycles. The van der Waals surface area contributed by atoms with Gasteiger partial charge in [0.1, 0.15) is 0 Å². The zero-order valence-electron chi connectivity index (χ0n) is 8.93. The van der Waals surface area contributed by atoms with Crippen LogP contribution >= 0.6 is 0 Å². The summed E-state index contributed by atoms with van der Waals surface area (Å²) >= 11 is 0. The van der Waals surface area contributed by atoms with Gasteiger partial charge in [0.15, 0.2) is 0 Å². The summed E-state index contributed by atoms with van der Waals surface area (Å²) in [6.07, 6.45) is 3.75. The van der Waals surface area contributed by atoms with E-state index in [1.54, 1.807) is 0 Å². The average Bonchev–Trinajstić information content (AvgIpc) is 2.37. The van der Waals surface area contributed by atoms with E-state index < -0.39 is 0 Å². The van der Waals surface area contributed by atoms with Crippen molar-refractivity contribution in [1.82, 2.24) is 0 Å². The Morgan fingerprint density at radius 2 is 1.44 bits per heavy atom. The van der Waals surface area contributed by atoms with Gasteiger partial charge >= 0.3 is 0 Å². The van der Waals surface area contributed by atoms with Crippen molar-refractivity contribution in [1.29, 1.82) is 0 Å². The lowest BCUT2D eigenvalue weighted by Crippen LogP contribution is -1.83. The minimum Gasteiger partial charge on any atom is -0.355 e. The molecule has 1 heteroatoms. The summed E-state index contributed by atoms with van der Waals surface area (Å²) in [6.45, 7) is 0. The van der Waals surface area contributed by atoms with Gasteiger partial charge in [-0.15, -0.1) is 5.73 Å². The quantitative estimate of drug-likeness (QED) is 0.752. The highest BCUT2D eigenvalue weighted by Crippen LogP contribution is 2.04. The zero-order chi connectivity index (χ0) is 11.1. The molecule has 0 unspecified atom stereocenters. The molecular formula is C15H13N. The van der Waals surface area contributed by atoms with E-state index in [0.29, 0.717) is 0 Å². The molecule has 0 bridgehead atoms. The Kier molecular flexibility index (Phi) is 3.60. The van der Waals surface area contributed by atoms with E-state index in [1.165, 1.54) is 0 Å². The molecule has 2 aromatic rings. The molecule has 0 aromatic heterocycles. The predicted molar refractivity (Wildman–Crippen MR) is 69.1 cm³/mol. The monoisotopic (exact) mass is 207 g/mol. The summed E-state index contributed by atoms with van der Waals surface area (Å²) in [6, 6.07) is 20.1. The Morgan fingerprint density at radius 1 is 0.812 bits per heavy atom. The Bertz CT molecular complexity index is 479. The van der Waals surface area contributed by atoms with Crippen LogP contribution < -0.4 is 5.32 Å². The second kappa shape index (κ2) is 5.59. The van der Waals surface area contributed by atoms with Gasteiger partial charge in [-0.1, -0.05) is 48.5 Å². The van der Waals surface area contributed by atoms with Crippen molar-refractivity contribution in [3.63, 3.8) is 0 Å². The van der Waals surface area contributed by atoms with Crippen molar-refractivity contribution < 1.29 is 0 Å². The van der Waals surface area contributed by atoms with Crippen LogP contribution in [0.25, 0.3) is 6.08 Å². The van der Waals surface area contributed by atoms with Crippen molar-refractivity contribution >= 4 is 11.8 Å². The largest absolute Gasteiger partial charge is 0.355 e.